The lowest BCUT2D eigenvalue weighted by Crippen LogP contribution is -2.34. The average Bonchev–Trinajstić information content (AvgIpc) is 3.15. The van der Waals surface area contributed by atoms with Gasteiger partial charge in [-0.25, -0.2) is 28.4 Å². The smallest absolute Gasteiger partial charge is 0.338 e. The molecule has 0 bridgehead atoms. The highest BCUT2D eigenvalue weighted by molar-refractivity contribution is 7.89. The summed E-state index contributed by atoms with van der Waals surface area (Å²) in [7, 11) is -2.27. The molecule has 1 heterocycles. The maximum absolute atomic E-state index is 11.5. The number of primary amides is 1. The number of nitrogens with zero attached hydrogens (tertiary/aromatic N) is 2. The fourth-order valence-electron chi connectivity index (χ4n) is 2.72. The zero-order valence-electron chi connectivity index (χ0n) is 16.0. The van der Waals surface area contributed by atoms with Crippen molar-refractivity contribution in [2.75, 3.05) is 13.7 Å². The van der Waals surface area contributed by atoms with E-state index in [1.165, 1.54) is 12.1 Å². The minimum Gasteiger partial charge on any atom is -0.497 e. The minimum absolute atomic E-state index is 0.0330. The summed E-state index contributed by atoms with van der Waals surface area (Å²) in [6.07, 6.45) is 0.109. The number of carbonyl (C=O) groups is 1. The van der Waals surface area contributed by atoms with Gasteiger partial charge < -0.3 is 14.9 Å². The number of ether oxygens (including phenoxy) is 1. The summed E-state index contributed by atoms with van der Waals surface area (Å²) in [5.41, 5.74) is 6.81. The summed E-state index contributed by atoms with van der Waals surface area (Å²) in [6, 6.07) is 12.0. The molecule has 30 heavy (non-hydrogen) atoms. The van der Waals surface area contributed by atoms with E-state index in [0.29, 0.717) is 27.8 Å². The maximum Gasteiger partial charge on any atom is 0.338 e. The van der Waals surface area contributed by atoms with E-state index in [4.69, 9.17) is 20.0 Å². The van der Waals surface area contributed by atoms with Crippen LogP contribution in [0, 0.1) is 0 Å². The first-order chi connectivity index (χ1) is 14.2. The highest BCUT2D eigenvalue weighted by atomic mass is 32.2. The number of urea groups is 1. The zero-order chi connectivity index (χ0) is 21.9. The Morgan fingerprint density at radius 1 is 1.13 bits per heavy atom. The zero-order valence-corrected chi connectivity index (χ0v) is 16.8. The second kappa shape index (κ2) is 8.53. The van der Waals surface area contributed by atoms with E-state index in [1.54, 1.807) is 43.5 Å². The minimum atomic E-state index is -3.83. The quantitative estimate of drug-likeness (QED) is 0.380. The van der Waals surface area contributed by atoms with Gasteiger partial charge in [-0.15, -0.1) is 0 Å². The van der Waals surface area contributed by atoms with Gasteiger partial charge in [0.2, 0.25) is 10.0 Å². The number of aromatic nitrogens is 1. The summed E-state index contributed by atoms with van der Waals surface area (Å²) in [6.45, 7) is -0.109. The van der Waals surface area contributed by atoms with Crippen LogP contribution >= 0.6 is 0 Å². The van der Waals surface area contributed by atoms with Crippen molar-refractivity contribution in [3.05, 3.63) is 54.4 Å². The van der Waals surface area contributed by atoms with Gasteiger partial charge in [-0.1, -0.05) is 0 Å². The Hall–Kier alpha value is -3.41. The second-order valence-corrected chi connectivity index (χ2v) is 7.86. The first-order valence-electron chi connectivity index (χ1n) is 8.72. The number of primary sulfonamides is 1. The van der Waals surface area contributed by atoms with Crippen molar-refractivity contribution >= 4 is 16.1 Å². The van der Waals surface area contributed by atoms with Crippen LogP contribution in [0.25, 0.3) is 22.6 Å². The van der Waals surface area contributed by atoms with E-state index in [-0.39, 0.29) is 23.8 Å². The highest BCUT2D eigenvalue weighted by Crippen LogP contribution is 2.34. The van der Waals surface area contributed by atoms with Crippen molar-refractivity contribution in [3.8, 4) is 28.3 Å². The molecule has 2 amide bonds. The molecule has 0 aliphatic heterocycles. The van der Waals surface area contributed by atoms with Crippen LogP contribution in [-0.2, 0) is 16.4 Å². The topological polar surface area (TPSA) is 162 Å². The van der Waals surface area contributed by atoms with Crippen LogP contribution in [0.2, 0.25) is 0 Å². The van der Waals surface area contributed by atoms with E-state index in [0.717, 1.165) is 5.56 Å². The SMILES string of the molecule is COc1ccc(-c2nc(CCN(O)C(N)=O)oc2-c2ccc(S(N)(=O)=O)cc2)cc1. The first-order valence-corrected chi connectivity index (χ1v) is 10.3. The van der Waals surface area contributed by atoms with E-state index in [1.807, 2.05) is 0 Å². The fourth-order valence-corrected chi connectivity index (χ4v) is 3.23. The molecule has 158 valence electrons. The normalized spacial score (nSPS) is 11.3. The molecule has 0 atom stereocenters. The molecular formula is C19H20N4O6S. The highest BCUT2D eigenvalue weighted by Gasteiger charge is 2.19. The Balaban J connectivity index is 2.01. The number of hydrogen-bond donors (Lipinski definition) is 3. The lowest BCUT2D eigenvalue weighted by molar-refractivity contribution is -0.0392. The third-order valence-corrected chi connectivity index (χ3v) is 5.20. The predicted molar refractivity (Wildman–Crippen MR) is 107 cm³/mol. The Bertz CT molecular complexity index is 1140. The molecular weight excluding hydrogens is 412 g/mol. The van der Waals surface area contributed by atoms with Gasteiger partial charge in [0.15, 0.2) is 11.7 Å². The molecule has 2 aromatic carbocycles. The molecule has 3 aromatic rings. The monoisotopic (exact) mass is 432 g/mol. The average molecular weight is 432 g/mol. The Kier molecular flexibility index (Phi) is 6.06. The number of hydrogen-bond acceptors (Lipinski definition) is 7. The van der Waals surface area contributed by atoms with Crippen LogP contribution in [0.1, 0.15) is 5.89 Å². The molecule has 0 aliphatic carbocycles. The molecule has 0 spiro atoms. The molecule has 0 unspecified atom stereocenters. The number of hydroxylamine groups is 2. The molecule has 1 aromatic heterocycles. The van der Waals surface area contributed by atoms with Crippen LogP contribution in [-0.4, -0.2) is 43.4 Å². The summed E-state index contributed by atoms with van der Waals surface area (Å²) < 4.78 is 34.0. The molecule has 0 saturated heterocycles. The van der Waals surface area contributed by atoms with Crippen LogP contribution in [0.4, 0.5) is 4.79 Å². The summed E-state index contributed by atoms with van der Waals surface area (Å²) >= 11 is 0. The molecule has 11 heteroatoms. The Labute approximate surface area is 172 Å². The van der Waals surface area contributed by atoms with Crippen molar-refractivity contribution in [1.82, 2.24) is 10.0 Å². The van der Waals surface area contributed by atoms with E-state index < -0.39 is 16.1 Å². The number of oxazole rings is 1. The number of carbonyl (C=O) groups excluding carboxylic acids is 1. The van der Waals surface area contributed by atoms with Gasteiger partial charge in [-0.2, -0.15) is 0 Å². The second-order valence-electron chi connectivity index (χ2n) is 6.29. The lowest BCUT2D eigenvalue weighted by Gasteiger charge is -2.09. The van der Waals surface area contributed by atoms with E-state index in [2.05, 4.69) is 4.98 Å². The third kappa shape index (κ3) is 4.76. The van der Waals surface area contributed by atoms with Gasteiger partial charge in [0, 0.05) is 17.5 Å². The van der Waals surface area contributed by atoms with Crippen molar-refractivity contribution in [2.45, 2.75) is 11.3 Å². The van der Waals surface area contributed by atoms with Crippen molar-refractivity contribution in [3.63, 3.8) is 0 Å². The number of benzene rings is 2. The number of nitrogens with two attached hydrogens (primary N) is 2. The van der Waals surface area contributed by atoms with Gasteiger partial charge in [0.05, 0.1) is 18.6 Å². The van der Waals surface area contributed by atoms with Crippen molar-refractivity contribution < 1.29 is 27.6 Å². The molecule has 0 aliphatic rings. The molecule has 0 radical (unpaired) electrons. The standard InChI is InChI=1S/C19H20N4O6S/c1-28-14-6-2-12(3-7-14)17-18(13-4-8-15(9-5-13)30(21,26)27)29-16(22-17)10-11-23(25)19(20)24/h2-9,25H,10-11H2,1H3,(H2,20,24)(H2,21,26,27). The van der Waals surface area contributed by atoms with Gasteiger partial charge in [0.1, 0.15) is 11.4 Å². The van der Waals surface area contributed by atoms with Gasteiger partial charge in [-0.05, 0) is 48.5 Å². The van der Waals surface area contributed by atoms with E-state index >= 15 is 0 Å². The fraction of sp³-hybridized carbons (Fsp3) is 0.158. The number of amides is 2. The van der Waals surface area contributed by atoms with E-state index in [9.17, 15) is 18.4 Å². The third-order valence-electron chi connectivity index (χ3n) is 4.27. The Morgan fingerprint density at radius 2 is 1.73 bits per heavy atom. The largest absolute Gasteiger partial charge is 0.497 e. The summed E-state index contributed by atoms with van der Waals surface area (Å²) in [5, 5.41) is 15.0. The van der Waals surface area contributed by atoms with Gasteiger partial charge in [-0.3, -0.25) is 5.21 Å². The lowest BCUT2D eigenvalue weighted by atomic mass is 10.1. The molecule has 10 nitrogen and oxygen atoms in total. The van der Waals surface area contributed by atoms with Crippen molar-refractivity contribution in [1.29, 1.82) is 0 Å². The van der Waals surface area contributed by atoms with Gasteiger partial charge in [0.25, 0.3) is 0 Å². The molecule has 0 fully saturated rings. The van der Waals surface area contributed by atoms with Crippen LogP contribution < -0.4 is 15.6 Å². The van der Waals surface area contributed by atoms with Crippen LogP contribution in [0.15, 0.2) is 57.8 Å². The van der Waals surface area contributed by atoms with Gasteiger partial charge >= 0.3 is 6.03 Å². The molecule has 0 saturated carbocycles. The summed E-state index contributed by atoms with van der Waals surface area (Å²) in [4.78, 5) is 15.4. The Morgan fingerprint density at radius 3 is 2.27 bits per heavy atom. The molecule has 5 N–H and O–H groups in total. The van der Waals surface area contributed by atoms with Crippen molar-refractivity contribution in [2.24, 2.45) is 10.9 Å². The first kappa shape index (κ1) is 21.3. The number of methoxy groups -OCH3 is 1. The maximum atomic E-state index is 11.5. The summed E-state index contributed by atoms with van der Waals surface area (Å²) in [5.74, 6) is 1.31. The predicted octanol–water partition coefficient (Wildman–Crippen LogP) is 1.98. The van der Waals surface area contributed by atoms with Crippen LogP contribution in [0.5, 0.6) is 5.75 Å². The molecule has 3 rings (SSSR count). The number of sulfonamides is 1. The number of rotatable bonds is 7. The van der Waals surface area contributed by atoms with Crippen LogP contribution in [0.3, 0.4) is 0 Å².